The Bertz CT molecular complexity index is 740. The molecule has 1 amide bonds. The number of amides is 1. The zero-order valence-electron chi connectivity index (χ0n) is 12.7. The predicted octanol–water partition coefficient (Wildman–Crippen LogP) is 2.23. The van der Waals surface area contributed by atoms with Crippen molar-refractivity contribution in [2.45, 2.75) is 19.4 Å². The number of hydrogen-bond donors (Lipinski definition) is 1. The van der Waals surface area contributed by atoms with E-state index in [1.54, 1.807) is 31.2 Å². The molecule has 2 heterocycles. The van der Waals surface area contributed by atoms with Crippen molar-refractivity contribution in [2.75, 3.05) is 12.4 Å². The summed E-state index contributed by atoms with van der Waals surface area (Å²) in [6, 6.07) is 8.76. The van der Waals surface area contributed by atoms with Crippen LogP contribution in [0.25, 0.3) is 0 Å². The van der Waals surface area contributed by atoms with Gasteiger partial charge in [-0.2, -0.15) is 0 Å². The van der Waals surface area contributed by atoms with E-state index in [1.165, 1.54) is 7.11 Å². The predicted molar refractivity (Wildman–Crippen MR) is 79.8 cm³/mol. The summed E-state index contributed by atoms with van der Waals surface area (Å²) in [5.74, 6) is 0.0430. The van der Waals surface area contributed by atoms with Crippen LogP contribution in [0.3, 0.4) is 0 Å². The second-order valence-electron chi connectivity index (χ2n) is 5.28. The van der Waals surface area contributed by atoms with Gasteiger partial charge in [0.05, 0.1) is 19.4 Å². The highest BCUT2D eigenvalue weighted by molar-refractivity contribution is 5.95. The number of ether oxygens (including phenoxy) is 2. The highest BCUT2D eigenvalue weighted by Gasteiger charge is 2.42. The molecule has 0 bridgehead atoms. The summed E-state index contributed by atoms with van der Waals surface area (Å²) in [6.45, 7) is 1.72. The lowest BCUT2D eigenvalue weighted by atomic mass is 9.93. The van der Waals surface area contributed by atoms with Crippen LogP contribution in [0.1, 0.15) is 23.8 Å². The first kappa shape index (κ1) is 15.1. The van der Waals surface area contributed by atoms with Gasteiger partial charge >= 0.3 is 5.97 Å². The summed E-state index contributed by atoms with van der Waals surface area (Å²) >= 11 is 0. The molecule has 1 aromatic heterocycles. The molecule has 3 rings (SSSR count). The van der Waals surface area contributed by atoms with Crippen molar-refractivity contribution < 1.29 is 23.6 Å². The number of nitrogens with zero attached hydrogens (tertiary/aromatic N) is 1. The molecule has 0 aliphatic carbocycles. The van der Waals surface area contributed by atoms with Crippen LogP contribution < -0.4 is 10.1 Å². The average molecular weight is 316 g/mol. The lowest BCUT2D eigenvalue weighted by molar-refractivity contribution is -0.141. The standard InChI is InChI=1S/C16H16N2O5/c1-9-7-13(18-23-9)17-16(20)11-8-14(19)22-15(11)10-5-3-4-6-12(10)21-2/h3-7,11,15H,8H2,1-2H3,(H,17,18,20). The van der Waals surface area contributed by atoms with Gasteiger partial charge < -0.3 is 19.3 Å². The monoisotopic (exact) mass is 316 g/mol. The van der Waals surface area contributed by atoms with Gasteiger partial charge in [-0.15, -0.1) is 0 Å². The van der Waals surface area contributed by atoms with E-state index in [-0.39, 0.29) is 12.3 Å². The van der Waals surface area contributed by atoms with Crippen LogP contribution in [0.4, 0.5) is 5.82 Å². The minimum absolute atomic E-state index is 0.00534. The molecule has 0 spiro atoms. The molecule has 1 saturated heterocycles. The van der Waals surface area contributed by atoms with Crippen LogP contribution in [0, 0.1) is 12.8 Å². The molecule has 1 aliphatic rings. The molecule has 2 unspecified atom stereocenters. The van der Waals surface area contributed by atoms with Crippen LogP contribution in [0.5, 0.6) is 5.75 Å². The maximum Gasteiger partial charge on any atom is 0.307 e. The zero-order chi connectivity index (χ0) is 16.4. The molecule has 1 aliphatic heterocycles. The second-order valence-corrected chi connectivity index (χ2v) is 5.28. The summed E-state index contributed by atoms with van der Waals surface area (Å²) < 4.78 is 15.5. The van der Waals surface area contributed by atoms with E-state index in [0.29, 0.717) is 22.9 Å². The van der Waals surface area contributed by atoms with E-state index in [4.69, 9.17) is 14.0 Å². The average Bonchev–Trinajstić information content (AvgIpc) is 3.13. The van der Waals surface area contributed by atoms with Gasteiger partial charge in [0, 0.05) is 11.6 Å². The Balaban J connectivity index is 1.84. The van der Waals surface area contributed by atoms with Crippen molar-refractivity contribution in [2.24, 2.45) is 5.92 Å². The topological polar surface area (TPSA) is 90.7 Å². The first-order chi connectivity index (χ1) is 11.1. The minimum atomic E-state index is -0.688. The lowest BCUT2D eigenvalue weighted by Gasteiger charge is -2.19. The van der Waals surface area contributed by atoms with Crippen LogP contribution >= 0.6 is 0 Å². The van der Waals surface area contributed by atoms with Crippen LogP contribution in [-0.4, -0.2) is 24.1 Å². The third-order valence-corrected chi connectivity index (χ3v) is 3.67. The van der Waals surface area contributed by atoms with Crippen molar-refractivity contribution in [3.8, 4) is 5.75 Å². The number of nitrogens with one attached hydrogen (secondary N) is 1. The number of para-hydroxylation sites is 1. The largest absolute Gasteiger partial charge is 0.496 e. The Labute approximate surface area is 132 Å². The fraction of sp³-hybridized carbons (Fsp3) is 0.312. The number of carbonyl (C=O) groups excluding carboxylic acids is 2. The molecule has 2 aromatic rings. The van der Waals surface area contributed by atoms with Gasteiger partial charge in [0.2, 0.25) is 5.91 Å². The Morgan fingerprint density at radius 2 is 2.17 bits per heavy atom. The molecule has 7 nitrogen and oxygen atoms in total. The number of hydrogen-bond acceptors (Lipinski definition) is 6. The van der Waals surface area contributed by atoms with E-state index in [0.717, 1.165) is 0 Å². The van der Waals surface area contributed by atoms with Gasteiger partial charge in [0.25, 0.3) is 0 Å². The van der Waals surface area contributed by atoms with Crippen molar-refractivity contribution in [1.82, 2.24) is 5.16 Å². The van der Waals surface area contributed by atoms with Crippen molar-refractivity contribution >= 4 is 17.7 Å². The number of methoxy groups -OCH3 is 1. The molecule has 1 N–H and O–H groups in total. The molecule has 1 fully saturated rings. The number of benzene rings is 1. The summed E-state index contributed by atoms with van der Waals surface area (Å²) in [5.41, 5.74) is 0.664. The molecule has 0 radical (unpaired) electrons. The first-order valence-electron chi connectivity index (χ1n) is 7.15. The fourth-order valence-electron chi connectivity index (χ4n) is 2.61. The van der Waals surface area contributed by atoms with Gasteiger partial charge in [-0.3, -0.25) is 9.59 Å². The first-order valence-corrected chi connectivity index (χ1v) is 7.15. The Hall–Kier alpha value is -2.83. The summed E-state index contributed by atoms with van der Waals surface area (Å²) in [6.07, 6.45) is -0.683. The number of esters is 1. The molecule has 1 aromatic carbocycles. The van der Waals surface area contributed by atoms with Gasteiger partial charge in [-0.05, 0) is 13.0 Å². The van der Waals surface area contributed by atoms with Gasteiger partial charge in [0.15, 0.2) is 5.82 Å². The van der Waals surface area contributed by atoms with Gasteiger partial charge in [0.1, 0.15) is 17.6 Å². The quantitative estimate of drug-likeness (QED) is 0.870. The van der Waals surface area contributed by atoms with E-state index in [9.17, 15) is 9.59 Å². The smallest absolute Gasteiger partial charge is 0.307 e. The van der Waals surface area contributed by atoms with Crippen LogP contribution in [0.2, 0.25) is 0 Å². The highest BCUT2D eigenvalue weighted by Crippen LogP contribution is 2.40. The third kappa shape index (κ3) is 3.03. The SMILES string of the molecule is COc1ccccc1C1OC(=O)CC1C(=O)Nc1cc(C)on1. The molecule has 120 valence electrons. The third-order valence-electron chi connectivity index (χ3n) is 3.67. The number of anilines is 1. The van der Waals surface area contributed by atoms with Crippen molar-refractivity contribution in [3.05, 3.63) is 41.7 Å². The highest BCUT2D eigenvalue weighted by atomic mass is 16.6. The fourth-order valence-corrected chi connectivity index (χ4v) is 2.61. The molecule has 2 atom stereocenters. The van der Waals surface area contributed by atoms with E-state index < -0.39 is 18.0 Å². The summed E-state index contributed by atoms with van der Waals surface area (Å²) in [4.78, 5) is 24.2. The van der Waals surface area contributed by atoms with E-state index >= 15 is 0 Å². The molecule has 23 heavy (non-hydrogen) atoms. The lowest BCUT2D eigenvalue weighted by Crippen LogP contribution is -2.25. The number of cyclic esters (lactones) is 1. The van der Waals surface area contributed by atoms with E-state index in [1.807, 2.05) is 6.07 Å². The summed E-state index contributed by atoms with van der Waals surface area (Å²) in [5, 5.41) is 6.37. The Morgan fingerprint density at radius 1 is 1.39 bits per heavy atom. The Morgan fingerprint density at radius 3 is 2.87 bits per heavy atom. The molecule has 7 heteroatoms. The number of rotatable bonds is 4. The summed E-state index contributed by atoms with van der Waals surface area (Å²) in [7, 11) is 1.53. The maximum absolute atomic E-state index is 12.5. The van der Waals surface area contributed by atoms with Crippen molar-refractivity contribution in [1.29, 1.82) is 0 Å². The normalized spacial score (nSPS) is 20.2. The van der Waals surface area contributed by atoms with Gasteiger partial charge in [-0.25, -0.2) is 0 Å². The number of aromatic nitrogens is 1. The van der Waals surface area contributed by atoms with Gasteiger partial charge in [-0.1, -0.05) is 23.4 Å². The maximum atomic E-state index is 12.5. The molecular weight excluding hydrogens is 300 g/mol. The zero-order valence-corrected chi connectivity index (χ0v) is 12.7. The molecular formula is C16H16N2O5. The second kappa shape index (κ2) is 6.12. The van der Waals surface area contributed by atoms with Crippen LogP contribution in [0.15, 0.2) is 34.9 Å². The minimum Gasteiger partial charge on any atom is -0.496 e. The van der Waals surface area contributed by atoms with E-state index in [2.05, 4.69) is 10.5 Å². The molecule has 0 saturated carbocycles. The number of carbonyl (C=O) groups is 2. The Kier molecular flexibility index (Phi) is 4.01. The van der Waals surface area contributed by atoms with Crippen LogP contribution in [-0.2, 0) is 14.3 Å². The van der Waals surface area contributed by atoms with Crippen molar-refractivity contribution in [3.63, 3.8) is 0 Å². The number of aryl methyl sites for hydroxylation is 1.